The Morgan fingerprint density at radius 1 is 1.17 bits per heavy atom. The average molecular weight is 323 g/mol. The van der Waals surface area contributed by atoms with Crippen LogP contribution in [0.4, 0.5) is 5.95 Å². The zero-order valence-corrected chi connectivity index (χ0v) is 13.5. The second kappa shape index (κ2) is 6.06. The van der Waals surface area contributed by atoms with Crippen LogP contribution in [0.5, 0.6) is 0 Å². The third kappa shape index (κ3) is 3.09. The van der Waals surface area contributed by atoms with E-state index in [4.69, 9.17) is 5.73 Å². The lowest BCUT2D eigenvalue weighted by Gasteiger charge is -2.27. The van der Waals surface area contributed by atoms with Crippen LogP contribution in [0.15, 0.2) is 41.4 Å². The van der Waals surface area contributed by atoms with Gasteiger partial charge in [-0.05, 0) is 23.1 Å². The van der Waals surface area contributed by atoms with Crippen molar-refractivity contribution in [1.29, 1.82) is 0 Å². The van der Waals surface area contributed by atoms with Crippen molar-refractivity contribution in [3.8, 4) is 11.3 Å². The number of nitrogens with two attached hydrogens (primary N) is 1. The number of thiophene rings is 1. The van der Waals surface area contributed by atoms with E-state index in [1.807, 2.05) is 12.4 Å². The molecule has 0 amide bonds. The first-order valence-corrected chi connectivity index (χ1v) is 8.52. The highest BCUT2D eigenvalue weighted by atomic mass is 32.1. The van der Waals surface area contributed by atoms with E-state index in [0.717, 1.165) is 37.4 Å². The number of aromatic nitrogens is 3. The lowest BCUT2D eigenvalue weighted by Crippen LogP contribution is -2.31. The minimum atomic E-state index is 0.366. The Morgan fingerprint density at radius 2 is 2.13 bits per heavy atom. The van der Waals surface area contributed by atoms with Gasteiger partial charge in [-0.15, -0.1) is 0 Å². The molecule has 0 unspecified atom stereocenters. The minimum Gasteiger partial charge on any atom is -0.368 e. The first-order valence-electron chi connectivity index (χ1n) is 7.58. The normalized spacial score (nSPS) is 14.6. The van der Waals surface area contributed by atoms with E-state index in [0.29, 0.717) is 5.95 Å². The first-order chi connectivity index (χ1) is 11.3. The standard InChI is InChI=1S/C17H17N5S/c18-17-20-8-14-10-22(5-3-16(14)21-17)9-12-1-2-15(19-7-12)13-4-6-23-11-13/h1-2,4,6-8,11H,3,5,9-10H2,(H2,18,20,21). The molecule has 5 nitrogen and oxygen atoms in total. The van der Waals surface area contributed by atoms with Gasteiger partial charge in [-0.25, -0.2) is 9.97 Å². The van der Waals surface area contributed by atoms with Crippen molar-refractivity contribution in [1.82, 2.24) is 19.9 Å². The van der Waals surface area contributed by atoms with Crippen LogP contribution in [0.1, 0.15) is 16.8 Å². The summed E-state index contributed by atoms with van der Waals surface area (Å²) < 4.78 is 0. The molecule has 3 aromatic heterocycles. The van der Waals surface area contributed by atoms with E-state index in [-0.39, 0.29) is 0 Å². The van der Waals surface area contributed by atoms with Gasteiger partial charge >= 0.3 is 0 Å². The highest BCUT2D eigenvalue weighted by molar-refractivity contribution is 7.08. The van der Waals surface area contributed by atoms with E-state index in [1.54, 1.807) is 11.3 Å². The van der Waals surface area contributed by atoms with E-state index < -0.39 is 0 Å². The number of hydrogen-bond donors (Lipinski definition) is 1. The maximum Gasteiger partial charge on any atom is 0.220 e. The van der Waals surface area contributed by atoms with Crippen LogP contribution in [-0.4, -0.2) is 26.4 Å². The van der Waals surface area contributed by atoms with Gasteiger partial charge in [0.05, 0.1) is 11.4 Å². The quantitative estimate of drug-likeness (QED) is 0.803. The topological polar surface area (TPSA) is 67.9 Å². The highest BCUT2D eigenvalue weighted by Gasteiger charge is 2.18. The molecule has 0 saturated heterocycles. The van der Waals surface area contributed by atoms with Gasteiger partial charge in [0.1, 0.15) is 0 Å². The number of hydrogen-bond acceptors (Lipinski definition) is 6. The molecule has 0 spiro atoms. The Labute approximate surface area is 138 Å². The van der Waals surface area contributed by atoms with Gasteiger partial charge in [0.25, 0.3) is 0 Å². The predicted octanol–water partition coefficient (Wildman–Crippen LogP) is 2.74. The molecule has 2 N–H and O–H groups in total. The van der Waals surface area contributed by atoms with Crippen molar-refractivity contribution < 1.29 is 0 Å². The van der Waals surface area contributed by atoms with Gasteiger partial charge < -0.3 is 5.73 Å². The molecule has 0 aromatic carbocycles. The predicted molar refractivity (Wildman–Crippen MR) is 91.8 cm³/mol. The summed E-state index contributed by atoms with van der Waals surface area (Å²) >= 11 is 1.69. The van der Waals surface area contributed by atoms with Crippen molar-refractivity contribution in [2.75, 3.05) is 12.3 Å². The summed E-state index contributed by atoms with van der Waals surface area (Å²) in [4.78, 5) is 15.4. The Balaban J connectivity index is 1.45. The van der Waals surface area contributed by atoms with E-state index in [1.165, 1.54) is 16.7 Å². The van der Waals surface area contributed by atoms with Gasteiger partial charge in [0, 0.05) is 55.0 Å². The van der Waals surface area contributed by atoms with Crippen LogP contribution >= 0.6 is 11.3 Å². The Bertz CT molecular complexity index is 798. The maximum absolute atomic E-state index is 5.65. The highest BCUT2D eigenvalue weighted by Crippen LogP contribution is 2.22. The smallest absolute Gasteiger partial charge is 0.220 e. The maximum atomic E-state index is 5.65. The van der Waals surface area contributed by atoms with Gasteiger partial charge in [0.15, 0.2) is 0 Å². The Morgan fingerprint density at radius 3 is 2.91 bits per heavy atom. The lowest BCUT2D eigenvalue weighted by molar-refractivity contribution is 0.243. The molecule has 6 heteroatoms. The third-order valence-corrected chi connectivity index (χ3v) is 4.76. The van der Waals surface area contributed by atoms with Gasteiger partial charge in [-0.1, -0.05) is 6.07 Å². The van der Waals surface area contributed by atoms with Crippen molar-refractivity contribution in [3.63, 3.8) is 0 Å². The fourth-order valence-corrected chi connectivity index (χ4v) is 3.53. The molecule has 0 fully saturated rings. The first kappa shape index (κ1) is 14.3. The monoisotopic (exact) mass is 323 g/mol. The zero-order valence-electron chi connectivity index (χ0n) is 12.6. The van der Waals surface area contributed by atoms with Gasteiger partial charge in [0.2, 0.25) is 5.95 Å². The molecule has 3 aromatic rings. The fraction of sp³-hybridized carbons (Fsp3) is 0.235. The van der Waals surface area contributed by atoms with E-state index in [9.17, 15) is 0 Å². The number of nitrogens with zero attached hydrogens (tertiary/aromatic N) is 4. The van der Waals surface area contributed by atoms with Crippen molar-refractivity contribution in [2.45, 2.75) is 19.5 Å². The summed E-state index contributed by atoms with van der Waals surface area (Å²) in [6, 6.07) is 6.36. The zero-order chi connectivity index (χ0) is 15.6. The van der Waals surface area contributed by atoms with Crippen LogP contribution in [0.3, 0.4) is 0 Å². The van der Waals surface area contributed by atoms with Crippen LogP contribution < -0.4 is 5.73 Å². The fourth-order valence-electron chi connectivity index (χ4n) is 2.88. The van der Waals surface area contributed by atoms with Gasteiger partial charge in [-0.2, -0.15) is 11.3 Å². The van der Waals surface area contributed by atoms with Gasteiger partial charge in [-0.3, -0.25) is 9.88 Å². The van der Waals surface area contributed by atoms with E-state index >= 15 is 0 Å². The molecule has 0 atom stereocenters. The van der Waals surface area contributed by atoms with Crippen LogP contribution in [0.25, 0.3) is 11.3 Å². The molecular weight excluding hydrogens is 306 g/mol. The number of pyridine rings is 1. The molecule has 0 radical (unpaired) electrons. The number of fused-ring (bicyclic) bond motifs is 1. The van der Waals surface area contributed by atoms with Crippen molar-refractivity contribution >= 4 is 17.3 Å². The van der Waals surface area contributed by atoms with Crippen LogP contribution in [0, 0.1) is 0 Å². The Kier molecular flexibility index (Phi) is 3.77. The summed E-state index contributed by atoms with van der Waals surface area (Å²) in [6.45, 7) is 2.73. The largest absolute Gasteiger partial charge is 0.368 e. The summed E-state index contributed by atoms with van der Waals surface area (Å²) in [7, 11) is 0. The minimum absolute atomic E-state index is 0.366. The second-order valence-electron chi connectivity index (χ2n) is 5.72. The average Bonchev–Trinajstić information content (AvgIpc) is 3.10. The summed E-state index contributed by atoms with van der Waals surface area (Å²) in [5, 5.41) is 4.19. The SMILES string of the molecule is Nc1ncc2c(n1)CCN(Cc1ccc(-c3ccsc3)nc1)C2. The molecule has 0 bridgehead atoms. The number of nitrogen functional groups attached to an aromatic ring is 1. The molecule has 1 aliphatic rings. The molecule has 0 saturated carbocycles. The molecule has 4 rings (SSSR count). The van der Waals surface area contributed by atoms with Crippen molar-refractivity contribution in [2.24, 2.45) is 0 Å². The van der Waals surface area contributed by atoms with Crippen molar-refractivity contribution in [3.05, 3.63) is 58.2 Å². The van der Waals surface area contributed by atoms with E-state index in [2.05, 4.69) is 48.8 Å². The number of rotatable bonds is 3. The molecule has 23 heavy (non-hydrogen) atoms. The summed E-state index contributed by atoms with van der Waals surface area (Å²) in [5.74, 6) is 0.366. The second-order valence-corrected chi connectivity index (χ2v) is 6.50. The molecular formula is C17H17N5S. The summed E-state index contributed by atoms with van der Waals surface area (Å²) in [6.07, 6.45) is 4.74. The van der Waals surface area contributed by atoms with Crippen LogP contribution in [0.2, 0.25) is 0 Å². The molecule has 1 aliphatic heterocycles. The van der Waals surface area contributed by atoms with Crippen LogP contribution in [-0.2, 0) is 19.5 Å². The lowest BCUT2D eigenvalue weighted by atomic mass is 10.1. The summed E-state index contributed by atoms with van der Waals surface area (Å²) in [5.41, 5.74) is 11.3. The number of anilines is 1. The molecule has 0 aliphatic carbocycles. The third-order valence-electron chi connectivity index (χ3n) is 4.08. The molecule has 116 valence electrons. The molecule has 4 heterocycles. The Hall–Kier alpha value is -2.31.